The molecule has 0 aromatic heterocycles. The fourth-order valence-corrected chi connectivity index (χ4v) is 0.942. The van der Waals surface area contributed by atoms with Gasteiger partial charge in [0, 0.05) is 12.1 Å². The highest BCUT2D eigenvalue weighted by Crippen LogP contribution is 2.07. The van der Waals surface area contributed by atoms with Gasteiger partial charge in [-0.3, -0.25) is 10.5 Å². The summed E-state index contributed by atoms with van der Waals surface area (Å²) in [7, 11) is 0. The molecule has 0 saturated heterocycles. The molecule has 0 aliphatic rings. The van der Waals surface area contributed by atoms with Crippen molar-refractivity contribution in [1.29, 1.82) is 0 Å². The molecule has 1 aromatic carbocycles. The molecule has 0 saturated carbocycles. The van der Waals surface area contributed by atoms with E-state index in [4.69, 9.17) is 11.5 Å². The molecule has 1 amide bonds. The summed E-state index contributed by atoms with van der Waals surface area (Å²) in [4.78, 5) is 10.3. The summed E-state index contributed by atoms with van der Waals surface area (Å²) < 4.78 is 0. The second kappa shape index (κ2) is 3.76. The van der Waals surface area contributed by atoms with Crippen LogP contribution in [0, 0.1) is 0 Å². The highest BCUT2D eigenvalue weighted by atomic mass is 16.1. The minimum absolute atomic E-state index is 0.282. The van der Waals surface area contributed by atoms with Crippen LogP contribution < -0.4 is 11.5 Å². The Labute approximate surface area is 71.4 Å². The van der Waals surface area contributed by atoms with Gasteiger partial charge in [0.15, 0.2) is 0 Å². The van der Waals surface area contributed by atoms with Gasteiger partial charge in [-0.2, -0.15) is 0 Å². The Morgan fingerprint density at radius 3 is 2.42 bits per heavy atom. The molecule has 0 fully saturated rings. The number of nitrogen functional groups attached to an aromatic ring is 1. The second-order valence-electron chi connectivity index (χ2n) is 2.66. The van der Waals surface area contributed by atoms with Crippen LogP contribution in [-0.2, 0) is 11.2 Å². The van der Waals surface area contributed by atoms with Gasteiger partial charge < -0.3 is 5.73 Å². The van der Waals surface area contributed by atoms with Gasteiger partial charge in [-0.05, 0) is 24.1 Å². The van der Waals surface area contributed by atoms with Gasteiger partial charge in [-0.15, -0.1) is 0 Å². The summed E-state index contributed by atoms with van der Waals surface area (Å²) in [5, 5.41) is 0. The zero-order valence-electron chi connectivity index (χ0n) is 6.71. The van der Waals surface area contributed by atoms with Crippen molar-refractivity contribution in [2.75, 3.05) is 5.73 Å². The average molecular weight is 163 g/mol. The number of benzene rings is 1. The summed E-state index contributed by atoms with van der Waals surface area (Å²) >= 11 is 0. The number of hydrogen-bond donors (Lipinski definition) is 1. The van der Waals surface area contributed by atoms with E-state index in [0.717, 1.165) is 11.3 Å². The van der Waals surface area contributed by atoms with E-state index in [9.17, 15) is 4.79 Å². The molecule has 1 aromatic rings. The predicted molar refractivity (Wildman–Crippen MR) is 47.3 cm³/mol. The van der Waals surface area contributed by atoms with Crippen LogP contribution in [0.25, 0.3) is 0 Å². The number of hydrogen-bond acceptors (Lipinski definition) is 2. The van der Waals surface area contributed by atoms with Crippen LogP contribution in [-0.4, -0.2) is 5.91 Å². The van der Waals surface area contributed by atoms with Crippen molar-refractivity contribution in [3.8, 4) is 0 Å². The molecule has 0 unspecified atom stereocenters. The van der Waals surface area contributed by atoms with Crippen molar-refractivity contribution in [3.05, 3.63) is 29.8 Å². The maximum Gasteiger partial charge on any atom is 0.238 e. The Kier molecular flexibility index (Phi) is 2.69. The SMILES string of the molecule is [NH]C(=O)CCc1ccc(N)cc1. The lowest BCUT2D eigenvalue weighted by atomic mass is 10.1. The van der Waals surface area contributed by atoms with Crippen molar-refractivity contribution < 1.29 is 4.79 Å². The van der Waals surface area contributed by atoms with Gasteiger partial charge in [0.25, 0.3) is 0 Å². The molecular formula is C9H11N2O. The van der Waals surface area contributed by atoms with Gasteiger partial charge in [-0.1, -0.05) is 12.1 Å². The topological polar surface area (TPSA) is 66.9 Å². The molecule has 0 aliphatic heterocycles. The fourth-order valence-electron chi connectivity index (χ4n) is 0.942. The molecule has 0 atom stereocenters. The largest absolute Gasteiger partial charge is 0.399 e. The van der Waals surface area contributed by atoms with E-state index in [2.05, 4.69) is 0 Å². The summed E-state index contributed by atoms with van der Waals surface area (Å²) in [6.07, 6.45) is 0.909. The smallest absolute Gasteiger partial charge is 0.238 e. The van der Waals surface area contributed by atoms with Gasteiger partial charge in [0.2, 0.25) is 5.91 Å². The quantitative estimate of drug-likeness (QED) is 0.676. The highest BCUT2D eigenvalue weighted by Gasteiger charge is 1.96. The highest BCUT2D eigenvalue weighted by molar-refractivity contribution is 5.73. The van der Waals surface area contributed by atoms with E-state index in [0.29, 0.717) is 6.42 Å². The third-order valence-corrected chi connectivity index (χ3v) is 1.62. The van der Waals surface area contributed by atoms with Gasteiger partial charge >= 0.3 is 0 Å². The molecule has 3 N–H and O–H groups in total. The van der Waals surface area contributed by atoms with Gasteiger partial charge in [0.1, 0.15) is 0 Å². The maximum absolute atomic E-state index is 10.3. The Balaban J connectivity index is 2.53. The molecule has 1 rings (SSSR count). The molecule has 0 aliphatic carbocycles. The Bertz CT molecular complexity index is 266. The Hall–Kier alpha value is -1.51. The number of carbonyl (C=O) groups excluding carboxylic acids is 1. The molecule has 1 radical (unpaired) electrons. The number of aryl methyl sites for hydroxylation is 1. The number of carbonyl (C=O) groups is 1. The zero-order valence-corrected chi connectivity index (χ0v) is 6.71. The van der Waals surface area contributed by atoms with Crippen molar-refractivity contribution in [2.45, 2.75) is 12.8 Å². The van der Waals surface area contributed by atoms with E-state index in [1.807, 2.05) is 12.1 Å². The normalized spacial score (nSPS) is 9.67. The van der Waals surface area contributed by atoms with Crippen molar-refractivity contribution >= 4 is 11.6 Å². The van der Waals surface area contributed by atoms with E-state index in [-0.39, 0.29) is 6.42 Å². The van der Waals surface area contributed by atoms with E-state index in [1.165, 1.54) is 0 Å². The molecule has 3 nitrogen and oxygen atoms in total. The first-order chi connectivity index (χ1) is 5.68. The minimum Gasteiger partial charge on any atom is -0.399 e. The summed E-state index contributed by atoms with van der Waals surface area (Å²) in [6, 6.07) is 7.34. The first-order valence-electron chi connectivity index (χ1n) is 3.77. The molecule has 0 heterocycles. The van der Waals surface area contributed by atoms with Crippen LogP contribution in [0.15, 0.2) is 24.3 Å². The van der Waals surface area contributed by atoms with Crippen LogP contribution in [0.5, 0.6) is 0 Å². The van der Waals surface area contributed by atoms with Gasteiger partial charge in [0.05, 0.1) is 0 Å². The lowest BCUT2D eigenvalue weighted by Gasteiger charge is -1.98. The molecule has 0 spiro atoms. The molecule has 63 valence electrons. The number of nitrogens with one attached hydrogen (secondary N) is 1. The second-order valence-corrected chi connectivity index (χ2v) is 2.66. The first-order valence-corrected chi connectivity index (χ1v) is 3.77. The monoisotopic (exact) mass is 163 g/mol. The Morgan fingerprint density at radius 2 is 1.92 bits per heavy atom. The molecule has 3 heteroatoms. The number of nitrogens with two attached hydrogens (primary N) is 1. The predicted octanol–water partition coefficient (Wildman–Crippen LogP) is 1.01. The number of rotatable bonds is 3. The molecular weight excluding hydrogens is 152 g/mol. The van der Waals surface area contributed by atoms with Crippen LogP contribution in [0.3, 0.4) is 0 Å². The van der Waals surface area contributed by atoms with E-state index in [1.54, 1.807) is 12.1 Å². The first kappa shape index (κ1) is 8.59. The van der Waals surface area contributed by atoms with E-state index >= 15 is 0 Å². The molecule has 12 heavy (non-hydrogen) atoms. The number of amides is 1. The lowest BCUT2D eigenvalue weighted by molar-refractivity contribution is -0.118. The maximum atomic E-state index is 10.3. The van der Waals surface area contributed by atoms with Gasteiger partial charge in [-0.25, -0.2) is 0 Å². The summed E-state index contributed by atoms with van der Waals surface area (Å²) in [5.74, 6) is -0.521. The van der Waals surface area contributed by atoms with Crippen LogP contribution in [0.1, 0.15) is 12.0 Å². The average Bonchev–Trinajstić information content (AvgIpc) is 2.03. The van der Waals surface area contributed by atoms with Crippen LogP contribution in [0.4, 0.5) is 5.69 Å². The lowest BCUT2D eigenvalue weighted by Crippen LogP contribution is -1.99. The fraction of sp³-hybridized carbons (Fsp3) is 0.222. The minimum atomic E-state index is -0.521. The van der Waals surface area contributed by atoms with Crippen molar-refractivity contribution in [2.24, 2.45) is 0 Å². The zero-order chi connectivity index (χ0) is 8.97. The van der Waals surface area contributed by atoms with Crippen LogP contribution >= 0.6 is 0 Å². The summed E-state index contributed by atoms with van der Waals surface area (Å²) in [5.41, 5.74) is 13.9. The Morgan fingerprint density at radius 1 is 1.33 bits per heavy atom. The van der Waals surface area contributed by atoms with Crippen LogP contribution in [0.2, 0.25) is 0 Å². The standard InChI is InChI=1S/C9H11N2O/c10-8-4-1-7(2-5-8)3-6-9(11)12/h1-2,4-5,11H,3,6,10H2. The van der Waals surface area contributed by atoms with Crippen molar-refractivity contribution in [3.63, 3.8) is 0 Å². The van der Waals surface area contributed by atoms with Crippen molar-refractivity contribution in [1.82, 2.24) is 5.73 Å². The summed E-state index contributed by atoms with van der Waals surface area (Å²) in [6.45, 7) is 0. The van der Waals surface area contributed by atoms with E-state index < -0.39 is 5.91 Å². The third-order valence-electron chi connectivity index (χ3n) is 1.62. The third kappa shape index (κ3) is 2.62. The number of anilines is 1. The molecule has 0 bridgehead atoms.